The fourth-order valence-corrected chi connectivity index (χ4v) is 3.09. The molecule has 0 fully saturated rings. The fraction of sp³-hybridized carbons (Fsp3) is 0.158. The third kappa shape index (κ3) is 2.38. The summed E-state index contributed by atoms with van der Waals surface area (Å²) in [4.78, 5) is 11.5. The summed E-state index contributed by atoms with van der Waals surface area (Å²) in [5, 5.41) is 10.2. The summed E-state index contributed by atoms with van der Waals surface area (Å²) in [7, 11) is 0. The van der Waals surface area contributed by atoms with Crippen molar-refractivity contribution < 1.29 is 9.18 Å². The number of benzene rings is 2. The molecule has 0 saturated carbocycles. The van der Waals surface area contributed by atoms with Crippen LogP contribution in [0.5, 0.6) is 0 Å². The molecule has 4 nitrogen and oxygen atoms in total. The van der Waals surface area contributed by atoms with Crippen LogP contribution < -0.4 is 5.32 Å². The summed E-state index contributed by atoms with van der Waals surface area (Å²) in [6, 6.07) is 15.7. The lowest BCUT2D eigenvalue weighted by Gasteiger charge is -2.08. The molecule has 1 unspecified atom stereocenters. The van der Waals surface area contributed by atoms with Gasteiger partial charge in [0.2, 0.25) is 0 Å². The van der Waals surface area contributed by atoms with Crippen LogP contribution in [0.2, 0.25) is 0 Å². The van der Waals surface area contributed by atoms with Crippen molar-refractivity contribution >= 4 is 11.6 Å². The topological polar surface area (TPSA) is 57.8 Å². The molecule has 1 aliphatic carbocycles. The number of carbonyl (C=O) groups is 1. The zero-order chi connectivity index (χ0) is 16.7. The predicted molar refractivity (Wildman–Crippen MR) is 91.5 cm³/mol. The molecule has 4 rings (SSSR count). The first kappa shape index (κ1) is 14.6. The van der Waals surface area contributed by atoms with Gasteiger partial charge < -0.3 is 5.32 Å². The van der Waals surface area contributed by atoms with Gasteiger partial charge in [0.05, 0.1) is 11.4 Å². The third-order valence-electron chi connectivity index (χ3n) is 4.28. The van der Waals surface area contributed by atoms with Crippen LogP contribution in [-0.2, 0) is 11.2 Å². The first-order valence-electron chi connectivity index (χ1n) is 7.84. The average molecular weight is 321 g/mol. The van der Waals surface area contributed by atoms with E-state index in [4.69, 9.17) is 0 Å². The number of nitrogens with one attached hydrogen (secondary N) is 2. The van der Waals surface area contributed by atoms with Gasteiger partial charge in [-0.3, -0.25) is 9.89 Å². The van der Waals surface area contributed by atoms with Crippen molar-refractivity contribution in [2.45, 2.75) is 19.5 Å². The Bertz CT molecular complexity index is 916. The Kier molecular flexibility index (Phi) is 3.41. The molecule has 0 saturated heterocycles. The Morgan fingerprint density at radius 1 is 1.25 bits per heavy atom. The van der Waals surface area contributed by atoms with Crippen molar-refractivity contribution in [3.05, 3.63) is 59.7 Å². The van der Waals surface area contributed by atoms with Crippen LogP contribution in [0.1, 0.15) is 18.1 Å². The Morgan fingerprint density at radius 2 is 2.04 bits per heavy atom. The maximum absolute atomic E-state index is 13.0. The van der Waals surface area contributed by atoms with Crippen LogP contribution in [-0.4, -0.2) is 22.3 Å². The van der Waals surface area contributed by atoms with Gasteiger partial charge in [0, 0.05) is 28.8 Å². The van der Waals surface area contributed by atoms with Crippen LogP contribution in [0.3, 0.4) is 0 Å². The normalized spacial score (nSPS) is 13.2. The first-order chi connectivity index (χ1) is 11.6. The van der Waals surface area contributed by atoms with Gasteiger partial charge >= 0.3 is 0 Å². The monoisotopic (exact) mass is 321 g/mol. The summed E-state index contributed by atoms with van der Waals surface area (Å²) in [5.41, 5.74) is 6.97. The van der Waals surface area contributed by atoms with E-state index in [1.54, 1.807) is 6.07 Å². The molecule has 5 heteroatoms. The molecule has 2 aromatic carbocycles. The summed E-state index contributed by atoms with van der Waals surface area (Å²) in [6.07, 6.45) is -0.792. The zero-order valence-electron chi connectivity index (χ0n) is 13.1. The quantitative estimate of drug-likeness (QED) is 0.600. The number of nitrogens with zero attached hydrogens (tertiary/aromatic N) is 1. The van der Waals surface area contributed by atoms with E-state index in [1.807, 2.05) is 42.5 Å². The van der Waals surface area contributed by atoms with Gasteiger partial charge in [0.1, 0.15) is 0 Å². The molecular formula is C19H16FN3O. The Balaban J connectivity index is 1.67. The number of aromatic nitrogens is 2. The molecule has 1 atom stereocenters. The maximum atomic E-state index is 13.0. The first-order valence-corrected chi connectivity index (χ1v) is 7.84. The van der Waals surface area contributed by atoms with Gasteiger partial charge in [-0.05, 0) is 24.6 Å². The molecule has 0 radical (unpaired) electrons. The average Bonchev–Trinajstić information content (AvgIpc) is 3.14. The van der Waals surface area contributed by atoms with Gasteiger partial charge in [-0.1, -0.05) is 36.4 Å². The number of rotatable bonds is 3. The molecule has 1 heterocycles. The molecular weight excluding hydrogens is 305 g/mol. The molecule has 120 valence electrons. The fourth-order valence-electron chi connectivity index (χ4n) is 3.09. The van der Waals surface area contributed by atoms with Crippen molar-refractivity contribution in [2.75, 3.05) is 5.32 Å². The number of carbonyl (C=O) groups excluding carboxylic acids is 1. The number of aromatic amines is 1. The van der Waals surface area contributed by atoms with Crippen molar-refractivity contribution in [3.8, 4) is 22.5 Å². The minimum Gasteiger partial charge on any atom is -0.324 e. The second-order valence-electron chi connectivity index (χ2n) is 5.95. The van der Waals surface area contributed by atoms with Gasteiger partial charge in [-0.25, -0.2) is 4.39 Å². The highest BCUT2D eigenvalue weighted by molar-refractivity contribution is 5.94. The molecule has 24 heavy (non-hydrogen) atoms. The molecule has 1 aromatic heterocycles. The largest absolute Gasteiger partial charge is 0.324 e. The molecule has 0 spiro atoms. The Labute approximate surface area is 138 Å². The molecule has 1 aliphatic rings. The number of alkyl halides is 1. The minimum atomic E-state index is -1.53. The van der Waals surface area contributed by atoms with E-state index < -0.39 is 12.1 Å². The minimum absolute atomic E-state index is 0.614. The van der Waals surface area contributed by atoms with Gasteiger partial charge in [-0.2, -0.15) is 5.10 Å². The number of H-pyrrole nitrogens is 1. The number of hydrogen-bond donors (Lipinski definition) is 2. The number of halogens is 1. The van der Waals surface area contributed by atoms with Gasteiger partial charge in [0.25, 0.3) is 5.91 Å². The summed E-state index contributed by atoms with van der Waals surface area (Å²) >= 11 is 0. The Morgan fingerprint density at radius 3 is 2.79 bits per heavy atom. The highest BCUT2D eigenvalue weighted by Gasteiger charge is 2.25. The van der Waals surface area contributed by atoms with Crippen molar-refractivity contribution in [2.24, 2.45) is 0 Å². The highest BCUT2D eigenvalue weighted by Crippen LogP contribution is 2.40. The second-order valence-corrected chi connectivity index (χ2v) is 5.95. The van der Waals surface area contributed by atoms with E-state index in [0.717, 1.165) is 40.1 Å². The lowest BCUT2D eigenvalue weighted by Crippen LogP contribution is -2.21. The van der Waals surface area contributed by atoms with Crippen LogP contribution in [0.4, 0.5) is 10.1 Å². The molecule has 2 N–H and O–H groups in total. The number of anilines is 1. The van der Waals surface area contributed by atoms with Crippen LogP contribution in [0.25, 0.3) is 22.5 Å². The molecule has 0 bridgehead atoms. The number of hydrogen-bond acceptors (Lipinski definition) is 2. The maximum Gasteiger partial charge on any atom is 0.258 e. The van der Waals surface area contributed by atoms with Crippen molar-refractivity contribution in [1.82, 2.24) is 10.2 Å². The van der Waals surface area contributed by atoms with E-state index in [9.17, 15) is 9.18 Å². The summed E-state index contributed by atoms with van der Waals surface area (Å²) < 4.78 is 13.0. The molecule has 0 aliphatic heterocycles. The lowest BCUT2D eigenvalue weighted by atomic mass is 10.1. The van der Waals surface area contributed by atoms with E-state index in [-0.39, 0.29) is 0 Å². The van der Waals surface area contributed by atoms with Crippen LogP contribution in [0.15, 0.2) is 48.5 Å². The molecule has 3 aromatic rings. The second kappa shape index (κ2) is 5.60. The highest BCUT2D eigenvalue weighted by atomic mass is 19.1. The smallest absolute Gasteiger partial charge is 0.258 e. The standard InChI is InChI=1S/C19H16FN3O/c1-11(20)19(24)21-14-7-8-15-13(9-14)10-16-17(22-23-18(15)16)12-5-3-2-4-6-12/h2-9,11H,10H2,1H3,(H,21,24)(H,22,23). The van der Waals surface area contributed by atoms with Crippen molar-refractivity contribution in [1.29, 1.82) is 0 Å². The van der Waals surface area contributed by atoms with E-state index in [1.165, 1.54) is 6.92 Å². The third-order valence-corrected chi connectivity index (χ3v) is 4.28. The number of fused-ring (bicyclic) bond motifs is 3. The lowest BCUT2D eigenvalue weighted by molar-refractivity contribution is -0.120. The number of amides is 1. The van der Waals surface area contributed by atoms with E-state index in [0.29, 0.717) is 5.69 Å². The Hall–Kier alpha value is -2.95. The summed E-state index contributed by atoms with van der Waals surface area (Å²) in [5.74, 6) is -0.627. The van der Waals surface area contributed by atoms with Gasteiger partial charge in [-0.15, -0.1) is 0 Å². The summed E-state index contributed by atoms with van der Waals surface area (Å²) in [6.45, 7) is 1.23. The molecule has 1 amide bonds. The SMILES string of the molecule is CC(F)C(=O)Nc1ccc2c(c1)Cc1c(-c3ccccc3)n[nH]c1-2. The van der Waals surface area contributed by atoms with E-state index in [2.05, 4.69) is 15.5 Å². The predicted octanol–water partition coefficient (Wildman–Crippen LogP) is 3.94. The zero-order valence-corrected chi connectivity index (χ0v) is 13.1. The van der Waals surface area contributed by atoms with E-state index >= 15 is 0 Å². The van der Waals surface area contributed by atoms with Crippen LogP contribution >= 0.6 is 0 Å². The van der Waals surface area contributed by atoms with Crippen molar-refractivity contribution in [3.63, 3.8) is 0 Å². The van der Waals surface area contributed by atoms with Gasteiger partial charge in [0.15, 0.2) is 6.17 Å². The van der Waals surface area contributed by atoms with Crippen LogP contribution in [0, 0.1) is 0 Å².